The van der Waals surface area contributed by atoms with E-state index in [1.165, 1.54) is 25.1 Å². The number of carbonyl (C=O) groups excluding carboxylic acids is 1. The predicted octanol–water partition coefficient (Wildman–Crippen LogP) is 1.88. The van der Waals surface area contributed by atoms with Crippen molar-refractivity contribution in [3.8, 4) is 0 Å². The summed E-state index contributed by atoms with van der Waals surface area (Å²) in [5.41, 5.74) is 3.02. The van der Waals surface area contributed by atoms with Crippen LogP contribution in [0.2, 0.25) is 0 Å². The molecule has 1 saturated carbocycles. The van der Waals surface area contributed by atoms with E-state index < -0.39 is 24.3 Å². The number of aliphatic carboxylic acids is 2. The van der Waals surface area contributed by atoms with E-state index in [1.54, 1.807) is 0 Å². The third-order valence-electron chi connectivity index (χ3n) is 5.23. The first-order valence-electron chi connectivity index (χ1n) is 10.4. The number of halogens is 6. The number of carbonyl (C=O) groups is 3. The van der Waals surface area contributed by atoms with E-state index >= 15 is 0 Å². The van der Waals surface area contributed by atoms with Crippen LogP contribution in [0.25, 0.3) is 0 Å². The third kappa shape index (κ3) is 8.38. The maximum Gasteiger partial charge on any atom is 0.490 e. The van der Waals surface area contributed by atoms with E-state index in [4.69, 9.17) is 24.5 Å². The van der Waals surface area contributed by atoms with Crippen molar-refractivity contribution in [2.24, 2.45) is 13.0 Å². The molecule has 0 atom stereocenters. The molecule has 2 fully saturated rings. The lowest BCUT2D eigenvalue weighted by Crippen LogP contribution is -2.41. The van der Waals surface area contributed by atoms with Gasteiger partial charge in [0.25, 0.3) is 5.91 Å². The van der Waals surface area contributed by atoms with Crippen molar-refractivity contribution in [2.45, 2.75) is 38.3 Å². The molecule has 2 aliphatic heterocycles. The molecule has 1 aromatic heterocycles. The van der Waals surface area contributed by atoms with Crippen LogP contribution < -0.4 is 0 Å². The van der Waals surface area contributed by atoms with Gasteiger partial charge >= 0.3 is 24.3 Å². The minimum Gasteiger partial charge on any atom is -0.475 e. The molecule has 0 radical (unpaired) electrons. The number of aryl methyl sites for hydroxylation is 1. The molecule has 2 N–H and O–H groups in total. The highest BCUT2D eigenvalue weighted by molar-refractivity contribution is 5.94. The van der Waals surface area contributed by atoms with Gasteiger partial charge in [-0.05, 0) is 18.8 Å². The molecule has 1 amide bonds. The first-order chi connectivity index (χ1) is 16.1. The Morgan fingerprint density at radius 1 is 0.971 bits per heavy atom. The fraction of sp³-hybridized carbons (Fsp3) is 0.684. The van der Waals surface area contributed by atoms with E-state index in [0.717, 1.165) is 24.6 Å². The summed E-state index contributed by atoms with van der Waals surface area (Å²) in [6, 6.07) is 0. The fourth-order valence-corrected chi connectivity index (χ4v) is 3.34. The van der Waals surface area contributed by atoms with E-state index in [0.29, 0.717) is 32.0 Å². The molecule has 0 aromatic carbocycles. The number of hydrogen-bond donors (Lipinski definition) is 2. The van der Waals surface area contributed by atoms with Crippen LogP contribution in [0, 0.1) is 5.92 Å². The van der Waals surface area contributed by atoms with Crippen molar-refractivity contribution in [2.75, 3.05) is 32.8 Å². The van der Waals surface area contributed by atoms with Crippen LogP contribution in [0.15, 0.2) is 0 Å². The lowest BCUT2D eigenvalue weighted by molar-refractivity contribution is -0.193. The highest BCUT2D eigenvalue weighted by Crippen LogP contribution is 2.34. The predicted molar refractivity (Wildman–Crippen MR) is 104 cm³/mol. The van der Waals surface area contributed by atoms with Gasteiger partial charge < -0.3 is 19.8 Å². The van der Waals surface area contributed by atoms with Crippen molar-refractivity contribution in [3.63, 3.8) is 0 Å². The number of aromatic nitrogens is 2. The summed E-state index contributed by atoms with van der Waals surface area (Å²) in [6.07, 6.45) is -7.44. The number of carboxylic acid groups (broad SMARTS) is 2. The van der Waals surface area contributed by atoms with Crippen molar-refractivity contribution >= 4 is 17.8 Å². The van der Waals surface area contributed by atoms with Gasteiger partial charge in [-0.25, -0.2) is 9.59 Å². The topological polar surface area (TPSA) is 125 Å². The van der Waals surface area contributed by atoms with Gasteiger partial charge in [0.05, 0.1) is 18.9 Å². The Hall–Kier alpha value is -2.88. The van der Waals surface area contributed by atoms with Gasteiger partial charge in [-0.1, -0.05) is 0 Å². The highest BCUT2D eigenvalue weighted by atomic mass is 19.4. The standard InChI is InChI=1S/C15H22N4O2.2C2HF3O2/c1-17-13-10-18(8-11-2-3-11)9-12(13)14(16-17)15(20)19-4-6-21-7-5-19;2*3-2(4,5)1(6)7/h11H,2-10H2,1H3;2*(H,6,7). The van der Waals surface area contributed by atoms with Crippen LogP contribution >= 0.6 is 0 Å². The number of amides is 1. The Kier molecular flexibility index (Phi) is 9.11. The van der Waals surface area contributed by atoms with Crippen molar-refractivity contribution < 1.29 is 55.7 Å². The number of nitrogens with zero attached hydrogens (tertiary/aromatic N) is 4. The quantitative estimate of drug-likeness (QED) is 0.582. The number of ether oxygens (including phenoxy) is 1. The lowest BCUT2D eigenvalue weighted by atomic mass is 10.2. The molecule has 10 nitrogen and oxygen atoms in total. The van der Waals surface area contributed by atoms with Crippen LogP contribution in [-0.4, -0.2) is 92.8 Å². The molecule has 1 aliphatic carbocycles. The zero-order valence-corrected chi connectivity index (χ0v) is 18.5. The summed E-state index contributed by atoms with van der Waals surface area (Å²) in [4.78, 5) is 34.8. The van der Waals surface area contributed by atoms with Crippen molar-refractivity contribution in [1.29, 1.82) is 0 Å². The number of morpholine rings is 1. The summed E-state index contributed by atoms with van der Waals surface area (Å²) in [5, 5.41) is 18.7. The van der Waals surface area contributed by atoms with Gasteiger partial charge in [0.1, 0.15) is 0 Å². The molecule has 198 valence electrons. The zero-order chi connectivity index (χ0) is 26.6. The summed E-state index contributed by atoms with van der Waals surface area (Å²) in [6.45, 7) is 5.60. The zero-order valence-electron chi connectivity index (χ0n) is 18.5. The van der Waals surface area contributed by atoms with E-state index in [9.17, 15) is 31.1 Å². The highest BCUT2D eigenvalue weighted by Gasteiger charge is 2.39. The molecule has 3 heterocycles. The molecular weight excluding hydrogens is 494 g/mol. The Labute approximate surface area is 195 Å². The van der Waals surface area contributed by atoms with Crippen molar-refractivity contribution in [3.05, 3.63) is 17.0 Å². The van der Waals surface area contributed by atoms with E-state index in [2.05, 4.69) is 10.00 Å². The second kappa shape index (κ2) is 11.2. The van der Waals surface area contributed by atoms with Gasteiger partial charge in [-0.3, -0.25) is 14.4 Å². The monoisotopic (exact) mass is 518 g/mol. The molecule has 1 aromatic rings. The van der Waals surface area contributed by atoms with Crippen LogP contribution in [0.4, 0.5) is 26.3 Å². The van der Waals surface area contributed by atoms with Gasteiger partial charge in [-0.15, -0.1) is 0 Å². The maximum absolute atomic E-state index is 12.7. The average molecular weight is 518 g/mol. The van der Waals surface area contributed by atoms with Crippen LogP contribution in [0.3, 0.4) is 0 Å². The normalized spacial score (nSPS) is 18.1. The average Bonchev–Trinajstić information content (AvgIpc) is 3.39. The second-order valence-electron chi connectivity index (χ2n) is 8.02. The maximum atomic E-state index is 12.7. The summed E-state index contributed by atoms with van der Waals surface area (Å²) >= 11 is 0. The minimum absolute atomic E-state index is 0.0726. The lowest BCUT2D eigenvalue weighted by Gasteiger charge is -2.26. The summed E-state index contributed by atoms with van der Waals surface area (Å²) in [7, 11) is 1.95. The van der Waals surface area contributed by atoms with Crippen LogP contribution in [0.5, 0.6) is 0 Å². The minimum atomic E-state index is -5.08. The number of carboxylic acids is 2. The summed E-state index contributed by atoms with van der Waals surface area (Å²) in [5.74, 6) is -4.56. The Morgan fingerprint density at radius 3 is 1.89 bits per heavy atom. The Morgan fingerprint density at radius 2 is 1.46 bits per heavy atom. The van der Waals surface area contributed by atoms with E-state index in [-0.39, 0.29) is 5.91 Å². The summed E-state index contributed by atoms with van der Waals surface area (Å²) < 4.78 is 70.7. The smallest absolute Gasteiger partial charge is 0.475 e. The van der Waals surface area contributed by atoms with Gasteiger partial charge in [-0.2, -0.15) is 31.4 Å². The molecule has 0 spiro atoms. The van der Waals surface area contributed by atoms with E-state index in [1.807, 2.05) is 16.6 Å². The fourth-order valence-electron chi connectivity index (χ4n) is 3.34. The Balaban J connectivity index is 0.000000257. The molecule has 1 saturated heterocycles. The third-order valence-corrected chi connectivity index (χ3v) is 5.23. The molecule has 0 unspecified atom stereocenters. The molecule has 3 aliphatic rings. The van der Waals surface area contributed by atoms with Crippen molar-refractivity contribution in [1.82, 2.24) is 19.6 Å². The second-order valence-corrected chi connectivity index (χ2v) is 8.02. The number of hydrogen-bond acceptors (Lipinski definition) is 6. The SMILES string of the molecule is Cn1nc(C(=O)N2CCOCC2)c2c1CN(CC1CC1)C2.O=C(O)C(F)(F)F.O=C(O)C(F)(F)F. The molecule has 0 bridgehead atoms. The molecule has 4 rings (SSSR count). The molecule has 35 heavy (non-hydrogen) atoms. The van der Waals surface area contributed by atoms with Gasteiger partial charge in [0.2, 0.25) is 0 Å². The molecular formula is C19H24F6N4O6. The van der Waals surface area contributed by atoms with Crippen LogP contribution in [0.1, 0.15) is 34.6 Å². The van der Waals surface area contributed by atoms with Gasteiger partial charge in [0, 0.05) is 45.3 Å². The van der Waals surface area contributed by atoms with Crippen LogP contribution in [-0.2, 0) is 34.5 Å². The number of fused-ring (bicyclic) bond motifs is 1. The first-order valence-corrected chi connectivity index (χ1v) is 10.4. The molecule has 16 heteroatoms. The Bertz CT molecular complexity index is 898. The first kappa shape index (κ1) is 28.4. The number of alkyl halides is 6. The largest absolute Gasteiger partial charge is 0.490 e. The number of rotatable bonds is 3. The van der Waals surface area contributed by atoms with Gasteiger partial charge in [0.15, 0.2) is 5.69 Å².